The second kappa shape index (κ2) is 6.21. The summed E-state index contributed by atoms with van der Waals surface area (Å²) in [6.07, 6.45) is 0.826. The van der Waals surface area contributed by atoms with Crippen LogP contribution in [0.4, 0.5) is 0 Å². The molecule has 1 aliphatic heterocycles. The molecule has 1 aromatic carbocycles. The predicted molar refractivity (Wildman–Crippen MR) is 76.9 cm³/mol. The summed E-state index contributed by atoms with van der Waals surface area (Å²) in [6, 6.07) is 4.91. The molecule has 0 saturated carbocycles. The standard InChI is InChI=1S/C12H17BrN2O3S/c1-18-10-3-4-12(11(13)9-10)19(16,17)15-7-2-5-14-6-8-15/h3-4,9,14H,2,5-8H2,1H3. The Balaban J connectivity index is 2.32. The van der Waals surface area contributed by atoms with E-state index < -0.39 is 10.0 Å². The second-order valence-corrected chi connectivity index (χ2v) is 7.06. The van der Waals surface area contributed by atoms with Crippen LogP contribution in [-0.2, 0) is 10.0 Å². The van der Waals surface area contributed by atoms with Gasteiger partial charge in [-0.1, -0.05) is 0 Å². The van der Waals surface area contributed by atoms with Gasteiger partial charge in [-0.3, -0.25) is 0 Å². The molecular weight excluding hydrogens is 332 g/mol. The maximum atomic E-state index is 12.6. The maximum absolute atomic E-state index is 12.6. The topological polar surface area (TPSA) is 58.6 Å². The van der Waals surface area contributed by atoms with Crippen LogP contribution in [0.2, 0.25) is 0 Å². The summed E-state index contributed by atoms with van der Waals surface area (Å²) in [5, 5.41) is 3.20. The fourth-order valence-electron chi connectivity index (χ4n) is 2.02. The second-order valence-electron chi connectivity index (χ2n) is 4.30. The van der Waals surface area contributed by atoms with E-state index in [1.807, 2.05) is 0 Å². The van der Waals surface area contributed by atoms with Crippen molar-refractivity contribution in [3.63, 3.8) is 0 Å². The lowest BCUT2D eigenvalue weighted by molar-refractivity contribution is 0.413. The third-order valence-electron chi connectivity index (χ3n) is 3.06. The molecule has 0 aromatic heterocycles. The third-order valence-corrected chi connectivity index (χ3v) is 5.93. The van der Waals surface area contributed by atoms with E-state index in [0.717, 1.165) is 13.0 Å². The van der Waals surface area contributed by atoms with Gasteiger partial charge in [0, 0.05) is 24.1 Å². The molecule has 2 rings (SSSR count). The first kappa shape index (κ1) is 14.8. The summed E-state index contributed by atoms with van der Waals surface area (Å²) in [6.45, 7) is 2.59. The van der Waals surface area contributed by atoms with Crippen LogP contribution in [-0.4, -0.2) is 46.0 Å². The van der Waals surface area contributed by atoms with Gasteiger partial charge < -0.3 is 10.1 Å². The summed E-state index contributed by atoms with van der Waals surface area (Å²) in [5.41, 5.74) is 0. The minimum Gasteiger partial charge on any atom is -0.497 e. The van der Waals surface area contributed by atoms with Crippen molar-refractivity contribution >= 4 is 26.0 Å². The van der Waals surface area contributed by atoms with Gasteiger partial charge in [-0.15, -0.1) is 0 Å². The lowest BCUT2D eigenvalue weighted by Crippen LogP contribution is -2.34. The highest BCUT2D eigenvalue weighted by Crippen LogP contribution is 2.29. The van der Waals surface area contributed by atoms with E-state index >= 15 is 0 Å². The maximum Gasteiger partial charge on any atom is 0.244 e. The van der Waals surface area contributed by atoms with Crippen LogP contribution in [0.25, 0.3) is 0 Å². The molecule has 0 atom stereocenters. The quantitative estimate of drug-likeness (QED) is 0.897. The smallest absolute Gasteiger partial charge is 0.244 e. The highest BCUT2D eigenvalue weighted by Gasteiger charge is 2.27. The molecule has 1 fully saturated rings. The minimum atomic E-state index is -3.45. The van der Waals surface area contributed by atoms with E-state index in [0.29, 0.717) is 29.9 Å². The highest BCUT2D eigenvalue weighted by atomic mass is 79.9. The van der Waals surface area contributed by atoms with Crippen molar-refractivity contribution in [2.24, 2.45) is 0 Å². The molecule has 0 amide bonds. The molecule has 1 N–H and O–H groups in total. The van der Waals surface area contributed by atoms with Crippen molar-refractivity contribution in [1.82, 2.24) is 9.62 Å². The minimum absolute atomic E-state index is 0.287. The predicted octanol–water partition coefficient (Wildman–Crippen LogP) is 1.44. The van der Waals surface area contributed by atoms with Gasteiger partial charge in [0.1, 0.15) is 5.75 Å². The molecule has 19 heavy (non-hydrogen) atoms. The molecule has 7 heteroatoms. The zero-order valence-electron chi connectivity index (χ0n) is 10.7. The zero-order valence-corrected chi connectivity index (χ0v) is 13.1. The van der Waals surface area contributed by atoms with E-state index in [2.05, 4.69) is 21.2 Å². The molecule has 106 valence electrons. The Hall–Kier alpha value is -0.630. The number of hydrogen-bond acceptors (Lipinski definition) is 4. The van der Waals surface area contributed by atoms with Crippen LogP contribution in [0.3, 0.4) is 0 Å². The Kier molecular flexibility index (Phi) is 4.83. The Morgan fingerprint density at radius 1 is 1.32 bits per heavy atom. The molecule has 0 unspecified atom stereocenters. The van der Waals surface area contributed by atoms with Crippen LogP contribution in [0.1, 0.15) is 6.42 Å². The molecule has 1 aliphatic rings. The summed E-state index contributed by atoms with van der Waals surface area (Å²) in [7, 11) is -1.90. The van der Waals surface area contributed by atoms with Crippen molar-refractivity contribution in [2.45, 2.75) is 11.3 Å². The van der Waals surface area contributed by atoms with Gasteiger partial charge in [0.2, 0.25) is 10.0 Å². The summed E-state index contributed by atoms with van der Waals surface area (Å²) in [4.78, 5) is 0.287. The van der Waals surface area contributed by atoms with Crippen molar-refractivity contribution in [2.75, 3.05) is 33.3 Å². The summed E-state index contributed by atoms with van der Waals surface area (Å²) >= 11 is 3.31. The molecule has 0 spiro atoms. The van der Waals surface area contributed by atoms with Crippen LogP contribution in [0.5, 0.6) is 5.75 Å². The van der Waals surface area contributed by atoms with Gasteiger partial charge in [-0.2, -0.15) is 4.31 Å². The molecule has 0 aliphatic carbocycles. The molecule has 1 saturated heterocycles. The Morgan fingerprint density at radius 2 is 2.11 bits per heavy atom. The monoisotopic (exact) mass is 348 g/mol. The lowest BCUT2D eigenvalue weighted by Gasteiger charge is -2.20. The van der Waals surface area contributed by atoms with E-state index in [1.165, 1.54) is 4.31 Å². The highest BCUT2D eigenvalue weighted by molar-refractivity contribution is 9.10. The van der Waals surface area contributed by atoms with Gasteiger partial charge >= 0.3 is 0 Å². The number of nitrogens with zero attached hydrogens (tertiary/aromatic N) is 1. The summed E-state index contributed by atoms with van der Waals surface area (Å²) in [5.74, 6) is 0.628. The Labute approximate surface area is 122 Å². The van der Waals surface area contributed by atoms with Crippen molar-refractivity contribution in [3.05, 3.63) is 22.7 Å². The molecule has 1 heterocycles. The van der Waals surface area contributed by atoms with E-state index in [9.17, 15) is 8.42 Å². The number of benzene rings is 1. The number of methoxy groups -OCH3 is 1. The molecule has 5 nitrogen and oxygen atoms in total. The average Bonchev–Trinajstić information content (AvgIpc) is 2.67. The SMILES string of the molecule is COc1ccc(S(=O)(=O)N2CCCNCC2)c(Br)c1. The van der Waals surface area contributed by atoms with Crippen molar-refractivity contribution in [1.29, 1.82) is 0 Å². The lowest BCUT2D eigenvalue weighted by atomic mass is 10.3. The van der Waals surface area contributed by atoms with Crippen LogP contribution in [0, 0.1) is 0 Å². The largest absolute Gasteiger partial charge is 0.497 e. The first-order chi connectivity index (χ1) is 9.05. The number of ether oxygens (including phenoxy) is 1. The molecular formula is C12H17BrN2O3S. The first-order valence-corrected chi connectivity index (χ1v) is 8.33. The van der Waals surface area contributed by atoms with Crippen molar-refractivity contribution < 1.29 is 13.2 Å². The van der Waals surface area contributed by atoms with Gasteiger partial charge in [0.15, 0.2) is 0 Å². The zero-order chi connectivity index (χ0) is 13.9. The van der Waals surface area contributed by atoms with E-state index in [4.69, 9.17) is 4.74 Å². The van der Waals surface area contributed by atoms with Crippen LogP contribution < -0.4 is 10.1 Å². The van der Waals surface area contributed by atoms with Gasteiger partial charge in [0.25, 0.3) is 0 Å². The number of sulfonamides is 1. The normalized spacial score (nSPS) is 18.0. The number of halogens is 1. The van der Waals surface area contributed by atoms with E-state index in [-0.39, 0.29) is 4.90 Å². The number of hydrogen-bond donors (Lipinski definition) is 1. The van der Waals surface area contributed by atoms with Crippen LogP contribution in [0.15, 0.2) is 27.6 Å². The van der Waals surface area contributed by atoms with Crippen LogP contribution >= 0.6 is 15.9 Å². The molecule has 0 radical (unpaired) electrons. The van der Waals surface area contributed by atoms with Gasteiger partial charge in [0.05, 0.1) is 12.0 Å². The molecule has 0 bridgehead atoms. The van der Waals surface area contributed by atoms with Crippen molar-refractivity contribution in [3.8, 4) is 5.75 Å². The Morgan fingerprint density at radius 3 is 2.79 bits per heavy atom. The number of nitrogens with one attached hydrogen (secondary N) is 1. The fourth-order valence-corrected chi connectivity index (χ4v) is 4.51. The number of rotatable bonds is 3. The molecule has 1 aromatic rings. The Bertz CT molecular complexity index is 540. The van der Waals surface area contributed by atoms with Gasteiger partial charge in [-0.25, -0.2) is 8.42 Å². The fraction of sp³-hybridized carbons (Fsp3) is 0.500. The van der Waals surface area contributed by atoms with Gasteiger partial charge in [-0.05, 0) is 47.1 Å². The average molecular weight is 349 g/mol. The summed E-state index contributed by atoms with van der Waals surface area (Å²) < 4.78 is 32.3. The van der Waals surface area contributed by atoms with E-state index in [1.54, 1.807) is 25.3 Å². The third kappa shape index (κ3) is 3.28. The first-order valence-electron chi connectivity index (χ1n) is 6.10.